The molecule has 212 valence electrons. The highest BCUT2D eigenvalue weighted by atomic mass is 19.4. The van der Waals surface area contributed by atoms with Gasteiger partial charge in [-0.25, -0.2) is 14.6 Å². The number of ether oxygens (including phenoxy) is 2. The molecule has 0 bridgehead atoms. The Balaban J connectivity index is 1.57. The SMILES string of the molecule is CCN(c1ncc(C)cc1CN1C(=O)O[C@H](c2cc(C)cc(C(F)(F)F)c2)[C@@H]1C)C1CCN(C(=O)OC)CC1. The smallest absolute Gasteiger partial charge is 0.416 e. The largest absolute Gasteiger partial charge is 0.453 e. The van der Waals surface area contributed by atoms with E-state index in [2.05, 4.69) is 4.90 Å². The van der Waals surface area contributed by atoms with Crippen molar-refractivity contribution in [2.24, 2.45) is 0 Å². The quantitative estimate of drug-likeness (QED) is 0.451. The summed E-state index contributed by atoms with van der Waals surface area (Å²) in [4.78, 5) is 35.1. The Morgan fingerprint density at radius 1 is 1.15 bits per heavy atom. The zero-order valence-corrected chi connectivity index (χ0v) is 22.9. The second-order valence-corrected chi connectivity index (χ2v) is 10.3. The van der Waals surface area contributed by atoms with Crippen LogP contribution in [0.5, 0.6) is 0 Å². The number of pyridine rings is 1. The second kappa shape index (κ2) is 11.3. The number of aromatic nitrogens is 1. The van der Waals surface area contributed by atoms with Gasteiger partial charge in [0, 0.05) is 37.4 Å². The van der Waals surface area contributed by atoms with Gasteiger partial charge in [-0.3, -0.25) is 4.90 Å². The Hall–Kier alpha value is -3.50. The molecule has 0 aliphatic carbocycles. The first-order valence-electron chi connectivity index (χ1n) is 13.1. The minimum Gasteiger partial charge on any atom is -0.453 e. The number of halogens is 3. The molecule has 2 aromatic rings. The van der Waals surface area contributed by atoms with E-state index < -0.39 is 30.0 Å². The van der Waals surface area contributed by atoms with Crippen LogP contribution in [0, 0.1) is 13.8 Å². The highest BCUT2D eigenvalue weighted by molar-refractivity contribution is 5.71. The molecule has 0 radical (unpaired) electrons. The third kappa shape index (κ3) is 6.07. The molecule has 0 spiro atoms. The zero-order chi connectivity index (χ0) is 28.5. The van der Waals surface area contributed by atoms with Gasteiger partial charge in [-0.2, -0.15) is 13.2 Å². The van der Waals surface area contributed by atoms with Crippen molar-refractivity contribution in [2.45, 2.75) is 71.4 Å². The molecular formula is C28H35F3N4O4. The molecule has 11 heteroatoms. The summed E-state index contributed by atoms with van der Waals surface area (Å²) in [6.45, 7) is 9.37. The number of alkyl halides is 3. The number of likely N-dealkylation sites (tertiary alicyclic amines) is 1. The Morgan fingerprint density at radius 2 is 1.85 bits per heavy atom. The van der Waals surface area contributed by atoms with Crippen LogP contribution >= 0.6 is 0 Å². The lowest BCUT2D eigenvalue weighted by Crippen LogP contribution is -2.47. The van der Waals surface area contributed by atoms with Crippen molar-refractivity contribution in [3.8, 4) is 0 Å². The standard InChI is InChI=1S/C28H35F3N4O4/c1-6-34(23-7-9-33(10-8-23)26(36)38-5)25-21(12-18(3)15-32-25)16-35-19(4)24(39-27(35)37)20-11-17(2)13-22(14-20)28(29,30)31/h11-15,19,23-24H,6-10,16H2,1-5H3/t19-,24-/m0/s1. The number of anilines is 1. The van der Waals surface area contributed by atoms with E-state index in [0.717, 1.165) is 41.9 Å². The Bertz CT molecular complexity index is 1210. The topological polar surface area (TPSA) is 75.2 Å². The average Bonchev–Trinajstić information content (AvgIpc) is 3.17. The molecule has 2 atom stereocenters. The van der Waals surface area contributed by atoms with Crippen molar-refractivity contribution in [3.63, 3.8) is 0 Å². The number of cyclic esters (lactones) is 1. The first kappa shape index (κ1) is 28.5. The third-order valence-electron chi connectivity index (χ3n) is 7.52. The van der Waals surface area contributed by atoms with Crippen LogP contribution in [0.2, 0.25) is 0 Å². The first-order valence-corrected chi connectivity index (χ1v) is 13.1. The van der Waals surface area contributed by atoms with Gasteiger partial charge in [0.15, 0.2) is 0 Å². The number of amides is 2. The highest BCUT2D eigenvalue weighted by Gasteiger charge is 2.41. The van der Waals surface area contributed by atoms with E-state index in [1.54, 1.807) is 35.9 Å². The van der Waals surface area contributed by atoms with Crippen molar-refractivity contribution >= 4 is 18.0 Å². The fraction of sp³-hybridized carbons (Fsp3) is 0.536. The molecule has 8 nitrogen and oxygen atoms in total. The fourth-order valence-electron chi connectivity index (χ4n) is 5.55. The maximum Gasteiger partial charge on any atom is 0.416 e. The Morgan fingerprint density at radius 3 is 2.46 bits per heavy atom. The summed E-state index contributed by atoms with van der Waals surface area (Å²) in [5.41, 5.74) is 1.76. The molecule has 2 aliphatic rings. The van der Waals surface area contributed by atoms with Crippen molar-refractivity contribution in [1.82, 2.24) is 14.8 Å². The van der Waals surface area contributed by atoms with E-state index >= 15 is 0 Å². The summed E-state index contributed by atoms with van der Waals surface area (Å²) in [5.74, 6) is 0.748. The summed E-state index contributed by atoms with van der Waals surface area (Å²) >= 11 is 0. The second-order valence-electron chi connectivity index (χ2n) is 10.3. The molecule has 1 aromatic heterocycles. The molecule has 0 N–H and O–H groups in total. The van der Waals surface area contributed by atoms with Gasteiger partial charge in [-0.05, 0) is 69.9 Å². The Labute approximate surface area is 226 Å². The van der Waals surface area contributed by atoms with Crippen molar-refractivity contribution in [2.75, 3.05) is 31.6 Å². The van der Waals surface area contributed by atoms with Crippen molar-refractivity contribution < 1.29 is 32.2 Å². The van der Waals surface area contributed by atoms with Crippen LogP contribution in [0.4, 0.5) is 28.6 Å². The maximum absolute atomic E-state index is 13.4. The van der Waals surface area contributed by atoms with E-state index in [9.17, 15) is 22.8 Å². The minimum atomic E-state index is -4.49. The van der Waals surface area contributed by atoms with Gasteiger partial charge < -0.3 is 19.3 Å². The lowest BCUT2D eigenvalue weighted by atomic mass is 9.98. The van der Waals surface area contributed by atoms with E-state index in [1.165, 1.54) is 7.11 Å². The summed E-state index contributed by atoms with van der Waals surface area (Å²) in [7, 11) is 1.37. The van der Waals surface area contributed by atoms with Gasteiger partial charge in [0.25, 0.3) is 0 Å². The third-order valence-corrected chi connectivity index (χ3v) is 7.52. The molecule has 2 fully saturated rings. The molecule has 39 heavy (non-hydrogen) atoms. The monoisotopic (exact) mass is 548 g/mol. The Kier molecular flexibility index (Phi) is 8.27. The molecule has 2 amide bonds. The van der Waals surface area contributed by atoms with Crippen LogP contribution in [-0.4, -0.2) is 65.8 Å². The number of piperidine rings is 1. The number of rotatable bonds is 6. The van der Waals surface area contributed by atoms with E-state index in [4.69, 9.17) is 14.5 Å². The molecule has 3 heterocycles. The van der Waals surface area contributed by atoms with Crippen LogP contribution < -0.4 is 4.90 Å². The van der Waals surface area contributed by atoms with Crippen molar-refractivity contribution in [1.29, 1.82) is 0 Å². The highest BCUT2D eigenvalue weighted by Crippen LogP contribution is 2.38. The van der Waals surface area contributed by atoms with Gasteiger partial charge in [0.2, 0.25) is 0 Å². The normalized spacial score (nSPS) is 20.3. The predicted molar refractivity (Wildman–Crippen MR) is 139 cm³/mol. The number of carbonyl (C=O) groups excluding carboxylic acids is 2. The molecule has 4 rings (SSSR count). The first-order chi connectivity index (χ1) is 18.4. The van der Waals surface area contributed by atoms with Crippen LogP contribution in [0.25, 0.3) is 0 Å². The number of benzene rings is 1. The lowest BCUT2D eigenvalue weighted by molar-refractivity contribution is -0.137. The van der Waals surface area contributed by atoms with Gasteiger partial charge in [-0.15, -0.1) is 0 Å². The number of nitrogens with zero attached hydrogens (tertiary/aromatic N) is 4. The summed E-state index contributed by atoms with van der Waals surface area (Å²) in [5, 5.41) is 0. The van der Waals surface area contributed by atoms with Crippen LogP contribution in [0.3, 0.4) is 0 Å². The zero-order valence-electron chi connectivity index (χ0n) is 22.9. The van der Waals surface area contributed by atoms with E-state index in [-0.39, 0.29) is 18.7 Å². The average molecular weight is 549 g/mol. The van der Waals surface area contributed by atoms with Gasteiger partial charge >= 0.3 is 18.4 Å². The van der Waals surface area contributed by atoms with Crippen molar-refractivity contribution in [3.05, 3.63) is 58.3 Å². The van der Waals surface area contributed by atoms with Gasteiger partial charge in [0.05, 0.1) is 25.3 Å². The molecule has 0 unspecified atom stereocenters. The molecule has 1 aromatic carbocycles. The molecule has 0 saturated carbocycles. The number of hydrogen-bond donors (Lipinski definition) is 0. The van der Waals surface area contributed by atoms with E-state index in [0.29, 0.717) is 30.8 Å². The predicted octanol–water partition coefficient (Wildman–Crippen LogP) is 5.86. The molecular weight excluding hydrogens is 513 g/mol. The summed E-state index contributed by atoms with van der Waals surface area (Å²) in [6, 6.07) is 5.41. The van der Waals surface area contributed by atoms with Gasteiger partial charge in [-0.1, -0.05) is 11.6 Å². The number of carbonyl (C=O) groups is 2. The molecule has 2 aliphatic heterocycles. The van der Waals surface area contributed by atoms with Crippen LogP contribution in [0.1, 0.15) is 60.6 Å². The van der Waals surface area contributed by atoms with Crippen LogP contribution in [-0.2, 0) is 22.2 Å². The van der Waals surface area contributed by atoms with Gasteiger partial charge in [0.1, 0.15) is 11.9 Å². The minimum absolute atomic E-state index is 0.147. The van der Waals surface area contributed by atoms with E-state index in [1.807, 2.05) is 19.9 Å². The lowest BCUT2D eigenvalue weighted by Gasteiger charge is -2.39. The number of hydrogen-bond acceptors (Lipinski definition) is 6. The summed E-state index contributed by atoms with van der Waals surface area (Å²) in [6.07, 6.45) is -2.96. The summed E-state index contributed by atoms with van der Waals surface area (Å²) < 4.78 is 50.8. The number of aryl methyl sites for hydroxylation is 2. The van der Waals surface area contributed by atoms with Crippen LogP contribution in [0.15, 0.2) is 30.5 Å². The number of methoxy groups -OCH3 is 1. The molecule has 2 saturated heterocycles. The fourth-order valence-corrected chi connectivity index (χ4v) is 5.55. The maximum atomic E-state index is 13.4.